The van der Waals surface area contributed by atoms with Gasteiger partial charge in [-0.05, 0) is 18.8 Å². The van der Waals surface area contributed by atoms with E-state index in [4.69, 9.17) is 0 Å². The molecule has 0 bridgehead atoms. The maximum atomic E-state index is 9.99. The fraction of sp³-hybridized carbons (Fsp3) is 0.667. The molecule has 0 saturated carbocycles. The van der Waals surface area contributed by atoms with E-state index in [2.05, 4.69) is 0 Å². The van der Waals surface area contributed by atoms with E-state index in [0.29, 0.717) is 0 Å². The topological polar surface area (TPSA) is 80.3 Å². The highest BCUT2D eigenvalue weighted by atomic mass is 16.4. The maximum Gasteiger partial charge on any atom is 0.0442 e. The number of carbonyl (C=O) groups is 2. The van der Waals surface area contributed by atoms with Crippen molar-refractivity contribution in [2.45, 2.75) is 19.8 Å². The first kappa shape index (κ1) is 8.94. The van der Waals surface area contributed by atoms with Crippen molar-refractivity contribution in [3.8, 4) is 0 Å². The van der Waals surface area contributed by atoms with Gasteiger partial charge in [0.15, 0.2) is 0 Å². The van der Waals surface area contributed by atoms with Crippen molar-refractivity contribution >= 4 is 11.9 Å². The molecule has 0 amide bonds. The summed E-state index contributed by atoms with van der Waals surface area (Å²) in [5.74, 6) is -3.16. The number of carboxylic acid groups (broad SMARTS) is 2. The van der Waals surface area contributed by atoms with Crippen molar-refractivity contribution in [2.75, 3.05) is 0 Å². The Morgan fingerprint density at radius 3 is 2.20 bits per heavy atom. The van der Waals surface area contributed by atoms with Crippen molar-refractivity contribution in [1.82, 2.24) is 0 Å². The lowest BCUT2D eigenvalue weighted by Crippen LogP contribution is -2.31. The van der Waals surface area contributed by atoms with Gasteiger partial charge >= 0.3 is 0 Å². The van der Waals surface area contributed by atoms with Gasteiger partial charge in [0.2, 0.25) is 0 Å². The number of rotatable bonds is 4. The zero-order valence-corrected chi connectivity index (χ0v) is 5.62. The minimum atomic E-state index is -1.23. The summed E-state index contributed by atoms with van der Waals surface area (Å²) in [7, 11) is 0. The lowest BCUT2D eigenvalue weighted by molar-refractivity contribution is -0.312. The smallest absolute Gasteiger partial charge is 0.0442 e. The Morgan fingerprint density at radius 2 is 1.90 bits per heavy atom. The second-order valence-corrected chi connectivity index (χ2v) is 2.13. The average Bonchev–Trinajstić information content (AvgIpc) is 1.82. The van der Waals surface area contributed by atoms with Crippen LogP contribution in [-0.4, -0.2) is 11.9 Å². The maximum absolute atomic E-state index is 9.99. The van der Waals surface area contributed by atoms with Crippen LogP contribution in [0.5, 0.6) is 0 Å². The SMILES string of the molecule is CC(CCC(=O)[O-])C(=O)[O-]. The van der Waals surface area contributed by atoms with Gasteiger partial charge < -0.3 is 19.8 Å². The van der Waals surface area contributed by atoms with Crippen molar-refractivity contribution < 1.29 is 19.8 Å². The normalized spacial score (nSPS) is 12.5. The molecule has 1 atom stereocenters. The van der Waals surface area contributed by atoms with E-state index in [9.17, 15) is 19.8 Å². The second-order valence-electron chi connectivity index (χ2n) is 2.13. The summed E-state index contributed by atoms with van der Waals surface area (Å²) in [6.07, 6.45) is -0.153. The van der Waals surface area contributed by atoms with Crippen LogP contribution in [0.4, 0.5) is 0 Å². The lowest BCUT2D eigenvalue weighted by Gasteiger charge is -2.11. The third-order valence-electron chi connectivity index (χ3n) is 1.18. The second kappa shape index (κ2) is 3.87. The minimum absolute atomic E-state index is 0.0741. The van der Waals surface area contributed by atoms with Gasteiger partial charge in [0.1, 0.15) is 0 Å². The van der Waals surface area contributed by atoms with Crippen LogP contribution in [0.1, 0.15) is 19.8 Å². The lowest BCUT2D eigenvalue weighted by atomic mass is 10.1. The first-order chi connectivity index (χ1) is 4.54. The van der Waals surface area contributed by atoms with Crippen molar-refractivity contribution in [2.24, 2.45) is 5.92 Å². The Bertz CT molecular complexity index is 141. The Labute approximate surface area is 58.5 Å². The standard InChI is InChI=1S/C6H10O4/c1-4(6(9)10)2-3-5(7)8/h4H,2-3H2,1H3,(H,7,8)(H,9,10)/p-2. The van der Waals surface area contributed by atoms with Gasteiger partial charge in [-0.15, -0.1) is 0 Å². The van der Waals surface area contributed by atoms with Crippen LogP contribution in [0.25, 0.3) is 0 Å². The predicted octanol–water partition coefficient (Wildman–Crippen LogP) is -2.10. The number of carboxylic acids is 2. The molecular formula is C6H8O4-2. The molecule has 0 aliphatic heterocycles. The first-order valence-corrected chi connectivity index (χ1v) is 2.94. The summed E-state index contributed by atoms with van der Waals surface area (Å²) < 4.78 is 0. The highest BCUT2D eigenvalue weighted by Crippen LogP contribution is 2.02. The number of aliphatic carboxylic acids is 2. The fourth-order valence-corrected chi connectivity index (χ4v) is 0.452. The van der Waals surface area contributed by atoms with Crippen LogP contribution >= 0.6 is 0 Å². The van der Waals surface area contributed by atoms with E-state index >= 15 is 0 Å². The quantitative estimate of drug-likeness (QED) is 0.452. The molecule has 58 valence electrons. The van der Waals surface area contributed by atoms with Gasteiger partial charge in [-0.25, -0.2) is 0 Å². The molecule has 10 heavy (non-hydrogen) atoms. The average molecular weight is 144 g/mol. The predicted molar refractivity (Wildman–Crippen MR) is 28.4 cm³/mol. The van der Waals surface area contributed by atoms with E-state index < -0.39 is 17.9 Å². The van der Waals surface area contributed by atoms with Gasteiger partial charge in [0.25, 0.3) is 0 Å². The van der Waals surface area contributed by atoms with E-state index in [-0.39, 0.29) is 12.8 Å². The molecule has 0 aromatic rings. The largest absolute Gasteiger partial charge is 0.550 e. The molecule has 0 saturated heterocycles. The van der Waals surface area contributed by atoms with E-state index in [1.807, 2.05) is 0 Å². The number of hydrogen-bond donors (Lipinski definition) is 0. The van der Waals surface area contributed by atoms with Gasteiger partial charge in [0, 0.05) is 11.9 Å². The summed E-state index contributed by atoms with van der Waals surface area (Å²) in [5.41, 5.74) is 0. The number of hydrogen-bond acceptors (Lipinski definition) is 4. The summed E-state index contributed by atoms with van der Waals surface area (Å²) >= 11 is 0. The molecular weight excluding hydrogens is 136 g/mol. The summed E-state index contributed by atoms with van der Waals surface area (Å²) in [6, 6.07) is 0. The molecule has 0 aliphatic rings. The van der Waals surface area contributed by atoms with E-state index in [1.165, 1.54) is 6.92 Å². The van der Waals surface area contributed by atoms with Crippen LogP contribution in [0.2, 0.25) is 0 Å². The third-order valence-corrected chi connectivity index (χ3v) is 1.18. The van der Waals surface area contributed by atoms with Crippen LogP contribution < -0.4 is 10.2 Å². The van der Waals surface area contributed by atoms with Gasteiger partial charge in [0.05, 0.1) is 0 Å². The van der Waals surface area contributed by atoms with Crippen molar-refractivity contribution in [3.05, 3.63) is 0 Å². The Kier molecular flexibility index (Phi) is 3.46. The number of carbonyl (C=O) groups excluding carboxylic acids is 2. The molecule has 4 nitrogen and oxygen atoms in total. The highest BCUT2D eigenvalue weighted by Gasteiger charge is 2.01. The molecule has 0 radical (unpaired) electrons. The van der Waals surface area contributed by atoms with Gasteiger partial charge in [-0.3, -0.25) is 0 Å². The van der Waals surface area contributed by atoms with E-state index in [1.54, 1.807) is 0 Å². The van der Waals surface area contributed by atoms with Crippen LogP contribution in [0.3, 0.4) is 0 Å². The van der Waals surface area contributed by atoms with Crippen molar-refractivity contribution in [1.29, 1.82) is 0 Å². The molecule has 0 N–H and O–H groups in total. The molecule has 0 aliphatic carbocycles. The van der Waals surface area contributed by atoms with Gasteiger partial charge in [-0.2, -0.15) is 0 Å². The Balaban J connectivity index is 3.49. The van der Waals surface area contributed by atoms with E-state index in [0.717, 1.165) is 0 Å². The zero-order chi connectivity index (χ0) is 8.15. The molecule has 0 fully saturated rings. The molecule has 1 unspecified atom stereocenters. The van der Waals surface area contributed by atoms with Gasteiger partial charge in [-0.1, -0.05) is 6.92 Å². The third kappa shape index (κ3) is 3.88. The first-order valence-electron chi connectivity index (χ1n) is 2.94. The van der Waals surface area contributed by atoms with Crippen LogP contribution in [-0.2, 0) is 9.59 Å². The highest BCUT2D eigenvalue weighted by molar-refractivity contribution is 5.69. The monoisotopic (exact) mass is 144 g/mol. The van der Waals surface area contributed by atoms with Crippen LogP contribution in [0.15, 0.2) is 0 Å². The minimum Gasteiger partial charge on any atom is -0.550 e. The summed E-state index contributed by atoms with van der Waals surface area (Å²) in [6.45, 7) is 1.40. The summed E-state index contributed by atoms with van der Waals surface area (Å²) in [4.78, 5) is 19.8. The van der Waals surface area contributed by atoms with Crippen molar-refractivity contribution in [3.63, 3.8) is 0 Å². The Morgan fingerprint density at radius 1 is 1.40 bits per heavy atom. The molecule has 0 aromatic carbocycles. The van der Waals surface area contributed by atoms with Crippen LogP contribution in [0, 0.1) is 5.92 Å². The zero-order valence-electron chi connectivity index (χ0n) is 5.62. The molecule has 4 heteroatoms. The molecule has 0 heterocycles. The molecule has 0 aromatic heterocycles. The summed E-state index contributed by atoms with van der Waals surface area (Å²) in [5, 5.41) is 19.8. The fourth-order valence-electron chi connectivity index (χ4n) is 0.452. The Hall–Kier alpha value is -1.06. The molecule has 0 spiro atoms. The molecule has 0 rings (SSSR count).